The van der Waals surface area contributed by atoms with Gasteiger partial charge in [0.15, 0.2) is 0 Å². The molecule has 5 heteroatoms. The summed E-state index contributed by atoms with van der Waals surface area (Å²) in [7, 11) is 3.77. The van der Waals surface area contributed by atoms with Crippen LogP contribution in [0.25, 0.3) is 0 Å². The number of amides is 1. The molecule has 106 valence electrons. The monoisotopic (exact) mass is 257 g/mol. The van der Waals surface area contributed by atoms with Gasteiger partial charge in [0, 0.05) is 26.7 Å². The van der Waals surface area contributed by atoms with E-state index in [9.17, 15) is 4.79 Å². The molecule has 2 unspecified atom stereocenters. The van der Waals surface area contributed by atoms with Crippen LogP contribution in [0.15, 0.2) is 0 Å². The molecule has 0 aliphatic carbocycles. The van der Waals surface area contributed by atoms with Gasteiger partial charge in [-0.15, -0.1) is 0 Å². The van der Waals surface area contributed by atoms with E-state index < -0.39 is 0 Å². The minimum absolute atomic E-state index is 0.0363. The average molecular weight is 257 g/mol. The summed E-state index contributed by atoms with van der Waals surface area (Å²) in [6, 6.07) is -0.0363. The predicted octanol–water partition coefficient (Wildman–Crippen LogP) is 0.511. The van der Waals surface area contributed by atoms with E-state index in [-0.39, 0.29) is 18.1 Å². The minimum Gasteiger partial charge on any atom is -0.383 e. The van der Waals surface area contributed by atoms with Crippen LogP contribution in [0.1, 0.15) is 26.7 Å². The van der Waals surface area contributed by atoms with Crippen LogP contribution in [-0.2, 0) is 9.53 Å². The van der Waals surface area contributed by atoms with Crippen LogP contribution in [0.5, 0.6) is 0 Å². The van der Waals surface area contributed by atoms with Crippen molar-refractivity contribution in [2.24, 2.45) is 0 Å². The van der Waals surface area contributed by atoms with Gasteiger partial charge < -0.3 is 14.5 Å². The molecule has 0 radical (unpaired) electrons. The highest BCUT2D eigenvalue weighted by Gasteiger charge is 2.34. The van der Waals surface area contributed by atoms with E-state index in [2.05, 4.69) is 24.2 Å². The maximum absolute atomic E-state index is 12.0. The number of likely N-dealkylation sites (N-methyl/N-ethyl adjacent to an activating group) is 1. The molecule has 1 rings (SSSR count). The number of methoxy groups -OCH3 is 1. The summed E-state index contributed by atoms with van der Waals surface area (Å²) in [5.74, 6) is 0.230. The topological polar surface area (TPSA) is 44.8 Å². The summed E-state index contributed by atoms with van der Waals surface area (Å²) in [4.78, 5) is 16.2. The second-order valence-corrected chi connectivity index (χ2v) is 5.02. The molecule has 18 heavy (non-hydrogen) atoms. The average Bonchev–Trinajstić information content (AvgIpc) is 2.61. The molecule has 1 aliphatic heterocycles. The van der Waals surface area contributed by atoms with Crippen molar-refractivity contribution in [3.63, 3.8) is 0 Å². The zero-order chi connectivity index (χ0) is 13.5. The molecule has 1 N–H and O–H groups in total. The fraction of sp³-hybridized carbons (Fsp3) is 0.923. The molecule has 1 aliphatic rings. The molecule has 1 heterocycles. The van der Waals surface area contributed by atoms with E-state index in [1.54, 1.807) is 7.11 Å². The van der Waals surface area contributed by atoms with Gasteiger partial charge in [0.1, 0.15) is 0 Å². The van der Waals surface area contributed by atoms with Gasteiger partial charge in [-0.05, 0) is 20.4 Å². The van der Waals surface area contributed by atoms with Gasteiger partial charge in [0.25, 0.3) is 0 Å². The first-order chi connectivity index (χ1) is 8.60. The van der Waals surface area contributed by atoms with Crippen molar-refractivity contribution in [1.82, 2.24) is 15.1 Å². The quantitative estimate of drug-likeness (QED) is 0.688. The summed E-state index contributed by atoms with van der Waals surface area (Å²) in [5.41, 5.74) is 0. The molecule has 0 saturated carbocycles. The molecule has 0 aromatic rings. The number of hydrogen-bond acceptors (Lipinski definition) is 4. The third kappa shape index (κ3) is 4.23. The normalized spacial score (nSPS) is 24.3. The summed E-state index contributed by atoms with van der Waals surface area (Å²) < 4.78 is 5.05. The summed E-state index contributed by atoms with van der Waals surface area (Å²) in [5, 5.41) is 3.35. The minimum atomic E-state index is -0.0363. The lowest BCUT2D eigenvalue weighted by molar-refractivity contribution is -0.130. The fourth-order valence-corrected chi connectivity index (χ4v) is 2.27. The Hall–Kier alpha value is -0.650. The number of ether oxygens (including phenoxy) is 1. The van der Waals surface area contributed by atoms with Gasteiger partial charge in [-0.25, -0.2) is 0 Å². The second-order valence-electron chi connectivity index (χ2n) is 5.02. The molecule has 0 bridgehead atoms. The van der Waals surface area contributed by atoms with Crippen molar-refractivity contribution in [2.75, 3.05) is 40.4 Å². The Balaban J connectivity index is 2.40. The van der Waals surface area contributed by atoms with E-state index in [4.69, 9.17) is 4.74 Å². The fourth-order valence-electron chi connectivity index (χ4n) is 2.27. The lowest BCUT2D eigenvalue weighted by Crippen LogP contribution is -2.42. The van der Waals surface area contributed by atoms with E-state index in [1.165, 1.54) is 0 Å². The van der Waals surface area contributed by atoms with Crippen LogP contribution < -0.4 is 5.32 Å². The van der Waals surface area contributed by atoms with Gasteiger partial charge in [-0.2, -0.15) is 0 Å². The van der Waals surface area contributed by atoms with Crippen molar-refractivity contribution >= 4 is 5.91 Å². The molecule has 1 fully saturated rings. The zero-order valence-electron chi connectivity index (χ0n) is 12.1. The van der Waals surface area contributed by atoms with E-state index in [1.807, 2.05) is 11.8 Å². The van der Waals surface area contributed by atoms with Crippen molar-refractivity contribution in [1.29, 1.82) is 0 Å². The van der Waals surface area contributed by atoms with Gasteiger partial charge >= 0.3 is 0 Å². The van der Waals surface area contributed by atoms with Crippen LogP contribution >= 0.6 is 0 Å². The molecule has 5 nitrogen and oxygen atoms in total. The third-order valence-electron chi connectivity index (χ3n) is 3.43. The summed E-state index contributed by atoms with van der Waals surface area (Å²) in [6.07, 6.45) is 2.33. The van der Waals surface area contributed by atoms with Crippen molar-refractivity contribution < 1.29 is 9.53 Å². The van der Waals surface area contributed by atoms with E-state index in [0.29, 0.717) is 0 Å². The Bertz CT molecular complexity index is 261. The number of nitrogens with one attached hydrogen (secondary N) is 1. The number of carbonyl (C=O) groups excluding carboxylic acids is 1. The molecular formula is C13H27N3O2. The van der Waals surface area contributed by atoms with Gasteiger partial charge in [0.05, 0.1) is 18.8 Å². The molecule has 1 saturated heterocycles. The molecule has 2 atom stereocenters. The molecular weight excluding hydrogens is 230 g/mol. The van der Waals surface area contributed by atoms with Crippen molar-refractivity contribution in [2.45, 2.75) is 38.9 Å². The lowest BCUT2D eigenvalue weighted by atomic mass is 10.2. The number of nitrogens with zero attached hydrogens (tertiary/aromatic N) is 2. The summed E-state index contributed by atoms with van der Waals surface area (Å²) >= 11 is 0. The highest BCUT2D eigenvalue weighted by Crippen LogP contribution is 2.14. The van der Waals surface area contributed by atoms with Crippen molar-refractivity contribution in [3.05, 3.63) is 0 Å². The standard InChI is InChI=1S/C13H27N3O2/c1-5-6-12-14-11(2)13(17)16(12)8-7-15(3)9-10-18-4/h11-12,14H,5-10H2,1-4H3. The first-order valence-corrected chi connectivity index (χ1v) is 6.84. The first-order valence-electron chi connectivity index (χ1n) is 6.84. The largest absolute Gasteiger partial charge is 0.383 e. The van der Waals surface area contributed by atoms with Crippen LogP contribution in [0.4, 0.5) is 0 Å². The number of rotatable bonds is 8. The Morgan fingerprint density at radius 3 is 2.78 bits per heavy atom. The van der Waals surface area contributed by atoms with E-state index in [0.717, 1.165) is 39.1 Å². The first kappa shape index (κ1) is 15.4. The van der Waals surface area contributed by atoms with Crippen LogP contribution in [0.2, 0.25) is 0 Å². The zero-order valence-corrected chi connectivity index (χ0v) is 12.1. The molecule has 1 amide bonds. The molecule has 0 aromatic carbocycles. The highest BCUT2D eigenvalue weighted by molar-refractivity contribution is 5.83. The number of hydrogen-bond donors (Lipinski definition) is 1. The Kier molecular flexibility index (Phi) is 6.60. The smallest absolute Gasteiger partial charge is 0.240 e. The van der Waals surface area contributed by atoms with Crippen LogP contribution in [0, 0.1) is 0 Å². The molecule has 0 spiro atoms. The van der Waals surface area contributed by atoms with Gasteiger partial charge in [0.2, 0.25) is 5.91 Å². The second kappa shape index (κ2) is 7.71. The Labute approximate surface area is 110 Å². The van der Waals surface area contributed by atoms with Crippen LogP contribution in [0.3, 0.4) is 0 Å². The van der Waals surface area contributed by atoms with Gasteiger partial charge in [-0.3, -0.25) is 10.1 Å². The third-order valence-corrected chi connectivity index (χ3v) is 3.43. The SMILES string of the molecule is CCCC1NC(C)C(=O)N1CCN(C)CCOC. The molecule has 0 aromatic heterocycles. The predicted molar refractivity (Wildman–Crippen MR) is 72.4 cm³/mol. The maximum Gasteiger partial charge on any atom is 0.240 e. The van der Waals surface area contributed by atoms with Gasteiger partial charge in [-0.1, -0.05) is 13.3 Å². The lowest BCUT2D eigenvalue weighted by Gasteiger charge is -2.26. The van der Waals surface area contributed by atoms with Crippen molar-refractivity contribution in [3.8, 4) is 0 Å². The Morgan fingerprint density at radius 2 is 2.17 bits per heavy atom. The van der Waals surface area contributed by atoms with Crippen LogP contribution in [-0.4, -0.2) is 68.3 Å². The highest BCUT2D eigenvalue weighted by atomic mass is 16.5. The number of carbonyl (C=O) groups is 1. The maximum atomic E-state index is 12.0. The van der Waals surface area contributed by atoms with E-state index >= 15 is 0 Å². The Morgan fingerprint density at radius 1 is 1.44 bits per heavy atom. The summed E-state index contributed by atoms with van der Waals surface area (Å²) in [6.45, 7) is 7.42.